The summed E-state index contributed by atoms with van der Waals surface area (Å²) in [6.07, 6.45) is 0.668. The van der Waals surface area contributed by atoms with Crippen LogP contribution in [0.5, 0.6) is 0 Å². The largest absolute Gasteiger partial charge is 0.453 e. The Balaban J connectivity index is 1.87. The zero-order valence-corrected chi connectivity index (χ0v) is 12.3. The molecule has 2 heterocycles. The third-order valence-corrected chi connectivity index (χ3v) is 3.63. The molecule has 3 rings (SSSR count). The number of hydrazine groups is 1. The number of nitrogens with zero attached hydrogens (tertiary/aromatic N) is 1. The van der Waals surface area contributed by atoms with Gasteiger partial charge in [-0.25, -0.2) is 5.43 Å². The van der Waals surface area contributed by atoms with Crippen molar-refractivity contribution in [2.75, 3.05) is 0 Å². The Morgan fingerprint density at radius 2 is 2.00 bits per heavy atom. The van der Waals surface area contributed by atoms with Gasteiger partial charge < -0.3 is 4.42 Å². The van der Waals surface area contributed by atoms with Crippen molar-refractivity contribution in [2.24, 2.45) is 5.84 Å². The van der Waals surface area contributed by atoms with Gasteiger partial charge in [0.15, 0.2) is 4.67 Å². The normalized spacial score (nSPS) is 12.7. The highest BCUT2D eigenvalue weighted by atomic mass is 79.9. The van der Waals surface area contributed by atoms with E-state index >= 15 is 0 Å². The Hall–Kier alpha value is -1.69. The second-order valence-electron chi connectivity index (χ2n) is 4.56. The van der Waals surface area contributed by atoms with Crippen molar-refractivity contribution in [3.05, 3.63) is 64.7 Å². The first-order chi connectivity index (χ1) is 9.76. The fourth-order valence-electron chi connectivity index (χ4n) is 2.19. The molecule has 0 radical (unpaired) electrons. The molecular weight excluding hydrogens is 318 g/mol. The van der Waals surface area contributed by atoms with Crippen molar-refractivity contribution >= 4 is 26.8 Å². The van der Waals surface area contributed by atoms with Crippen molar-refractivity contribution < 1.29 is 4.42 Å². The molecule has 0 fully saturated rings. The third kappa shape index (κ3) is 2.75. The first kappa shape index (κ1) is 13.3. The zero-order valence-electron chi connectivity index (χ0n) is 10.7. The minimum Gasteiger partial charge on any atom is -0.453 e. The van der Waals surface area contributed by atoms with Gasteiger partial charge in [-0.05, 0) is 40.2 Å². The minimum atomic E-state index is -0.102. The summed E-state index contributed by atoms with van der Waals surface area (Å²) in [5.41, 5.74) is 4.73. The van der Waals surface area contributed by atoms with E-state index in [-0.39, 0.29) is 6.04 Å². The summed E-state index contributed by atoms with van der Waals surface area (Å²) >= 11 is 3.30. The lowest BCUT2D eigenvalue weighted by Gasteiger charge is -2.13. The van der Waals surface area contributed by atoms with Crippen LogP contribution in [0.2, 0.25) is 0 Å². The molecule has 4 nitrogen and oxygen atoms in total. The van der Waals surface area contributed by atoms with E-state index in [1.165, 1.54) is 0 Å². The van der Waals surface area contributed by atoms with E-state index in [2.05, 4.69) is 38.5 Å². The molecule has 5 heteroatoms. The molecule has 1 aromatic carbocycles. The summed E-state index contributed by atoms with van der Waals surface area (Å²) in [6, 6.07) is 15.8. The van der Waals surface area contributed by atoms with Crippen molar-refractivity contribution in [2.45, 2.75) is 12.5 Å². The quantitative estimate of drug-likeness (QED) is 0.568. The highest BCUT2D eigenvalue weighted by Crippen LogP contribution is 2.23. The average molecular weight is 332 g/mol. The maximum absolute atomic E-state index is 5.62. The summed E-state index contributed by atoms with van der Waals surface area (Å²) < 4.78 is 6.24. The molecule has 3 N–H and O–H groups in total. The Labute approximate surface area is 125 Å². The van der Waals surface area contributed by atoms with Gasteiger partial charge in [0.2, 0.25) is 0 Å². The SMILES string of the molecule is NNC(Cc1ccc2ccccc2n1)c1ccc(Br)o1. The predicted octanol–water partition coefficient (Wildman–Crippen LogP) is 3.34. The number of nitrogens with one attached hydrogen (secondary N) is 1. The molecule has 0 aliphatic heterocycles. The highest BCUT2D eigenvalue weighted by molar-refractivity contribution is 9.10. The van der Waals surface area contributed by atoms with Crippen LogP contribution in [0.1, 0.15) is 17.5 Å². The summed E-state index contributed by atoms with van der Waals surface area (Å²) in [5.74, 6) is 6.41. The van der Waals surface area contributed by atoms with E-state index in [0.717, 1.165) is 22.4 Å². The number of aromatic nitrogens is 1. The van der Waals surface area contributed by atoms with Crippen molar-refractivity contribution in [1.82, 2.24) is 10.4 Å². The van der Waals surface area contributed by atoms with Crippen LogP contribution in [0.4, 0.5) is 0 Å². The molecular formula is C15H14BrN3O. The zero-order chi connectivity index (χ0) is 13.9. The molecule has 1 unspecified atom stereocenters. The fraction of sp³-hybridized carbons (Fsp3) is 0.133. The molecule has 0 bridgehead atoms. The summed E-state index contributed by atoms with van der Waals surface area (Å²) in [5, 5.41) is 1.13. The van der Waals surface area contributed by atoms with Crippen LogP contribution in [0.25, 0.3) is 10.9 Å². The number of hydrogen-bond acceptors (Lipinski definition) is 4. The first-order valence-corrected chi connectivity index (χ1v) is 7.11. The van der Waals surface area contributed by atoms with Crippen LogP contribution in [0, 0.1) is 0 Å². The summed E-state index contributed by atoms with van der Waals surface area (Å²) in [7, 11) is 0. The summed E-state index contributed by atoms with van der Waals surface area (Å²) in [4.78, 5) is 4.65. The maximum atomic E-state index is 5.62. The number of furan rings is 1. The number of pyridine rings is 1. The fourth-order valence-corrected chi connectivity index (χ4v) is 2.51. The van der Waals surface area contributed by atoms with Gasteiger partial charge in [0.25, 0.3) is 0 Å². The Morgan fingerprint density at radius 1 is 1.15 bits per heavy atom. The molecule has 0 spiro atoms. The molecule has 1 atom stereocenters. The second kappa shape index (κ2) is 5.75. The summed E-state index contributed by atoms with van der Waals surface area (Å²) in [6.45, 7) is 0. The van der Waals surface area contributed by atoms with Crippen LogP contribution in [0.15, 0.2) is 57.6 Å². The first-order valence-electron chi connectivity index (χ1n) is 6.32. The standard InChI is InChI=1S/C15H14BrN3O/c16-15-8-7-14(20-15)13(19-17)9-11-6-5-10-3-1-2-4-12(10)18-11/h1-8,13,19H,9,17H2. The maximum Gasteiger partial charge on any atom is 0.169 e. The van der Waals surface area contributed by atoms with E-state index in [9.17, 15) is 0 Å². The molecule has 0 saturated carbocycles. The van der Waals surface area contributed by atoms with Crippen LogP contribution < -0.4 is 11.3 Å². The van der Waals surface area contributed by atoms with E-state index in [4.69, 9.17) is 10.3 Å². The smallest absolute Gasteiger partial charge is 0.169 e. The predicted molar refractivity (Wildman–Crippen MR) is 81.9 cm³/mol. The molecule has 0 amide bonds. The number of hydrogen-bond donors (Lipinski definition) is 2. The molecule has 2 aromatic heterocycles. The van der Waals surface area contributed by atoms with Crippen molar-refractivity contribution in [1.29, 1.82) is 0 Å². The van der Waals surface area contributed by atoms with E-state index in [1.54, 1.807) is 0 Å². The Bertz CT molecular complexity index is 726. The molecule has 0 aliphatic carbocycles. The van der Waals surface area contributed by atoms with Gasteiger partial charge in [-0.3, -0.25) is 10.8 Å². The van der Waals surface area contributed by atoms with Crippen molar-refractivity contribution in [3.8, 4) is 0 Å². The van der Waals surface area contributed by atoms with Gasteiger partial charge in [-0.2, -0.15) is 0 Å². The number of halogens is 1. The monoisotopic (exact) mass is 331 g/mol. The molecule has 3 aromatic rings. The van der Waals surface area contributed by atoms with Crippen LogP contribution in [-0.2, 0) is 6.42 Å². The van der Waals surface area contributed by atoms with Gasteiger partial charge >= 0.3 is 0 Å². The number of rotatable bonds is 4. The third-order valence-electron chi connectivity index (χ3n) is 3.21. The van der Waals surface area contributed by atoms with Gasteiger partial charge in [0.05, 0.1) is 11.6 Å². The lowest BCUT2D eigenvalue weighted by molar-refractivity contribution is 0.403. The number of para-hydroxylation sites is 1. The van der Waals surface area contributed by atoms with E-state index in [0.29, 0.717) is 11.1 Å². The van der Waals surface area contributed by atoms with E-state index < -0.39 is 0 Å². The van der Waals surface area contributed by atoms with E-state index in [1.807, 2.05) is 36.4 Å². The van der Waals surface area contributed by atoms with Crippen molar-refractivity contribution in [3.63, 3.8) is 0 Å². The van der Waals surface area contributed by atoms with Gasteiger partial charge in [0, 0.05) is 17.5 Å². The lowest BCUT2D eigenvalue weighted by Crippen LogP contribution is -2.29. The highest BCUT2D eigenvalue weighted by Gasteiger charge is 2.15. The lowest BCUT2D eigenvalue weighted by atomic mass is 10.1. The van der Waals surface area contributed by atoms with Gasteiger partial charge in [-0.1, -0.05) is 24.3 Å². The molecule has 0 aliphatic rings. The molecule has 20 heavy (non-hydrogen) atoms. The van der Waals surface area contributed by atoms with Crippen LogP contribution in [-0.4, -0.2) is 4.98 Å². The number of benzene rings is 1. The molecule has 0 saturated heterocycles. The van der Waals surface area contributed by atoms with Gasteiger partial charge in [0.1, 0.15) is 5.76 Å². The van der Waals surface area contributed by atoms with Crippen LogP contribution in [0.3, 0.4) is 0 Å². The number of nitrogens with two attached hydrogens (primary N) is 1. The molecule has 102 valence electrons. The van der Waals surface area contributed by atoms with Crippen LogP contribution >= 0.6 is 15.9 Å². The minimum absolute atomic E-state index is 0.102. The second-order valence-corrected chi connectivity index (χ2v) is 5.34. The Kier molecular flexibility index (Phi) is 3.82. The topological polar surface area (TPSA) is 64.1 Å². The Morgan fingerprint density at radius 3 is 2.75 bits per heavy atom. The average Bonchev–Trinajstić information content (AvgIpc) is 2.91. The number of fused-ring (bicyclic) bond motifs is 1. The van der Waals surface area contributed by atoms with Gasteiger partial charge in [-0.15, -0.1) is 0 Å².